The molecule has 7 heteroatoms. The van der Waals surface area contributed by atoms with Gasteiger partial charge in [0.05, 0.1) is 16.2 Å². The van der Waals surface area contributed by atoms with Crippen LogP contribution in [0.3, 0.4) is 0 Å². The first-order chi connectivity index (χ1) is 15.6. The third kappa shape index (κ3) is 5.06. The van der Waals surface area contributed by atoms with E-state index in [0.717, 1.165) is 22.4 Å². The topological polar surface area (TPSA) is 89.0 Å². The molecule has 0 saturated carbocycles. The number of nitro groups is 1. The maximum atomic E-state index is 10.8. The number of thiazole rings is 1. The van der Waals surface area contributed by atoms with Gasteiger partial charge in [-0.2, -0.15) is 5.26 Å². The number of hydrogen-bond acceptors (Lipinski definition) is 6. The molecule has 0 spiro atoms. The van der Waals surface area contributed by atoms with Crippen LogP contribution in [0.5, 0.6) is 5.75 Å². The smallest absolute Gasteiger partial charge is 0.269 e. The van der Waals surface area contributed by atoms with E-state index in [4.69, 9.17) is 4.74 Å². The van der Waals surface area contributed by atoms with Gasteiger partial charge in [-0.3, -0.25) is 10.1 Å². The maximum absolute atomic E-state index is 10.8. The van der Waals surface area contributed by atoms with Crippen LogP contribution in [0.15, 0.2) is 84.2 Å². The Labute approximate surface area is 188 Å². The number of nitro benzene ring substituents is 1. The first-order valence-corrected chi connectivity index (χ1v) is 10.6. The lowest BCUT2D eigenvalue weighted by Gasteiger charge is -2.06. The van der Waals surface area contributed by atoms with Crippen molar-refractivity contribution in [1.82, 2.24) is 4.98 Å². The van der Waals surface area contributed by atoms with Crippen LogP contribution in [0.1, 0.15) is 16.1 Å². The molecule has 0 unspecified atom stereocenters. The van der Waals surface area contributed by atoms with Gasteiger partial charge in [0, 0.05) is 23.1 Å². The van der Waals surface area contributed by atoms with Gasteiger partial charge in [0.25, 0.3) is 5.69 Å². The standard InChI is InChI=1S/C25H17N3O3S/c26-15-21(25-27-24(17-32-25)20-8-10-22(11-9-20)28(29)30)14-18-6-12-23(13-7-18)31-16-19-4-2-1-3-5-19/h1-14,17H,16H2/b21-14+. The minimum absolute atomic E-state index is 0.0259. The minimum atomic E-state index is -0.440. The van der Waals surface area contributed by atoms with Crippen molar-refractivity contribution in [3.63, 3.8) is 0 Å². The van der Waals surface area contributed by atoms with Gasteiger partial charge in [-0.05, 0) is 41.5 Å². The summed E-state index contributed by atoms with van der Waals surface area (Å²) < 4.78 is 5.80. The number of non-ortho nitro benzene ring substituents is 1. The van der Waals surface area contributed by atoms with Gasteiger partial charge < -0.3 is 4.74 Å². The van der Waals surface area contributed by atoms with Crippen LogP contribution in [0.4, 0.5) is 5.69 Å². The molecule has 0 aliphatic carbocycles. The molecule has 4 aromatic rings. The highest BCUT2D eigenvalue weighted by molar-refractivity contribution is 7.11. The number of rotatable bonds is 7. The lowest BCUT2D eigenvalue weighted by atomic mass is 10.1. The number of hydrogen-bond donors (Lipinski definition) is 0. The predicted molar refractivity (Wildman–Crippen MR) is 125 cm³/mol. The summed E-state index contributed by atoms with van der Waals surface area (Å²) in [5.41, 5.74) is 3.86. The zero-order valence-electron chi connectivity index (χ0n) is 16.8. The van der Waals surface area contributed by atoms with Crippen molar-refractivity contribution in [2.24, 2.45) is 0 Å². The Morgan fingerprint density at radius 1 is 1.06 bits per heavy atom. The Kier molecular flexibility index (Phi) is 6.35. The predicted octanol–water partition coefficient (Wildman–Crippen LogP) is 6.36. The van der Waals surface area contributed by atoms with Gasteiger partial charge in [0.2, 0.25) is 0 Å². The molecule has 0 saturated heterocycles. The van der Waals surface area contributed by atoms with Crippen LogP contribution in [0.2, 0.25) is 0 Å². The summed E-state index contributed by atoms with van der Waals surface area (Å²) in [6.45, 7) is 0.490. The zero-order valence-corrected chi connectivity index (χ0v) is 17.7. The molecular formula is C25H17N3O3S. The minimum Gasteiger partial charge on any atom is -0.489 e. The summed E-state index contributed by atoms with van der Waals surface area (Å²) >= 11 is 1.36. The molecule has 1 heterocycles. The molecular weight excluding hydrogens is 422 g/mol. The third-order valence-corrected chi connectivity index (χ3v) is 5.54. The molecule has 0 aliphatic rings. The van der Waals surface area contributed by atoms with Gasteiger partial charge in [0.1, 0.15) is 23.4 Å². The van der Waals surface area contributed by atoms with Gasteiger partial charge in [-0.1, -0.05) is 42.5 Å². The number of nitriles is 1. The summed E-state index contributed by atoms with van der Waals surface area (Å²) in [4.78, 5) is 14.9. The van der Waals surface area contributed by atoms with Crippen LogP contribution in [0.25, 0.3) is 22.9 Å². The molecule has 6 nitrogen and oxygen atoms in total. The Morgan fingerprint density at radius 2 is 1.78 bits per heavy atom. The largest absolute Gasteiger partial charge is 0.489 e. The summed E-state index contributed by atoms with van der Waals surface area (Å²) in [5.74, 6) is 0.749. The monoisotopic (exact) mass is 439 g/mol. The molecule has 0 aliphatic heterocycles. The average molecular weight is 439 g/mol. The highest BCUT2D eigenvalue weighted by atomic mass is 32.1. The van der Waals surface area contributed by atoms with Crippen molar-refractivity contribution >= 4 is 28.7 Å². The van der Waals surface area contributed by atoms with E-state index in [1.54, 1.807) is 18.2 Å². The van der Waals surface area contributed by atoms with E-state index in [1.807, 2.05) is 60.0 Å². The first-order valence-electron chi connectivity index (χ1n) is 9.72. The molecule has 4 rings (SSSR count). The Hall–Kier alpha value is -4.28. The van der Waals surface area contributed by atoms with Crippen molar-refractivity contribution in [3.05, 3.63) is 110 Å². The van der Waals surface area contributed by atoms with Crippen molar-refractivity contribution < 1.29 is 9.66 Å². The van der Waals surface area contributed by atoms with Gasteiger partial charge >= 0.3 is 0 Å². The molecule has 0 amide bonds. The number of allylic oxidation sites excluding steroid dienone is 1. The van der Waals surface area contributed by atoms with E-state index in [9.17, 15) is 15.4 Å². The molecule has 3 aromatic carbocycles. The highest BCUT2D eigenvalue weighted by Gasteiger charge is 2.11. The fraction of sp³-hybridized carbons (Fsp3) is 0.0400. The molecule has 0 atom stereocenters. The van der Waals surface area contributed by atoms with Crippen LogP contribution < -0.4 is 4.74 Å². The van der Waals surface area contributed by atoms with Crippen LogP contribution in [-0.4, -0.2) is 9.91 Å². The van der Waals surface area contributed by atoms with Gasteiger partial charge in [-0.15, -0.1) is 11.3 Å². The molecule has 0 fully saturated rings. The van der Waals surface area contributed by atoms with Crippen LogP contribution >= 0.6 is 11.3 Å². The highest BCUT2D eigenvalue weighted by Crippen LogP contribution is 2.28. The quantitative estimate of drug-likeness (QED) is 0.190. The maximum Gasteiger partial charge on any atom is 0.269 e. The molecule has 0 N–H and O–H groups in total. The van der Waals surface area contributed by atoms with Gasteiger partial charge in [-0.25, -0.2) is 4.98 Å². The fourth-order valence-corrected chi connectivity index (χ4v) is 3.79. The first kappa shape index (κ1) is 21.0. The van der Waals surface area contributed by atoms with Crippen molar-refractivity contribution in [3.8, 4) is 23.1 Å². The van der Waals surface area contributed by atoms with Crippen molar-refractivity contribution in [2.45, 2.75) is 6.61 Å². The Morgan fingerprint density at radius 3 is 2.44 bits per heavy atom. The number of benzene rings is 3. The number of aromatic nitrogens is 1. The molecule has 32 heavy (non-hydrogen) atoms. The SMILES string of the molecule is N#C/C(=C\c1ccc(OCc2ccccc2)cc1)c1nc(-c2ccc([N+](=O)[O-])cc2)cs1. The molecule has 0 bridgehead atoms. The second-order valence-corrected chi connectivity index (χ2v) is 7.71. The number of nitrogens with zero attached hydrogens (tertiary/aromatic N) is 3. The lowest BCUT2D eigenvalue weighted by Crippen LogP contribution is -1.94. The summed E-state index contributed by atoms with van der Waals surface area (Å²) in [5, 5.41) is 22.9. The second-order valence-electron chi connectivity index (χ2n) is 6.86. The van der Waals surface area contributed by atoms with Crippen molar-refractivity contribution in [2.75, 3.05) is 0 Å². The Balaban J connectivity index is 1.47. The normalized spacial score (nSPS) is 11.0. The van der Waals surface area contributed by atoms with E-state index in [-0.39, 0.29) is 5.69 Å². The van der Waals surface area contributed by atoms with Crippen LogP contribution in [-0.2, 0) is 6.61 Å². The van der Waals surface area contributed by atoms with E-state index < -0.39 is 4.92 Å². The van der Waals surface area contributed by atoms with E-state index in [1.165, 1.54) is 23.5 Å². The summed E-state index contributed by atoms with van der Waals surface area (Å²) in [6.07, 6.45) is 1.78. The zero-order chi connectivity index (χ0) is 22.3. The molecule has 0 radical (unpaired) electrons. The summed E-state index contributed by atoms with van der Waals surface area (Å²) in [6, 6.07) is 25.8. The second kappa shape index (κ2) is 9.69. The Bertz CT molecular complexity index is 1290. The number of ether oxygens (including phenoxy) is 1. The lowest BCUT2D eigenvalue weighted by molar-refractivity contribution is -0.384. The van der Waals surface area contributed by atoms with E-state index >= 15 is 0 Å². The van der Waals surface area contributed by atoms with E-state index in [2.05, 4.69) is 11.1 Å². The van der Waals surface area contributed by atoms with Crippen molar-refractivity contribution in [1.29, 1.82) is 5.26 Å². The fourth-order valence-electron chi connectivity index (χ4n) is 2.99. The summed E-state index contributed by atoms with van der Waals surface area (Å²) in [7, 11) is 0. The molecule has 156 valence electrons. The average Bonchev–Trinajstić information content (AvgIpc) is 3.33. The molecule has 1 aromatic heterocycles. The van der Waals surface area contributed by atoms with Gasteiger partial charge in [0.15, 0.2) is 0 Å². The third-order valence-electron chi connectivity index (χ3n) is 4.67. The van der Waals surface area contributed by atoms with Crippen LogP contribution in [0, 0.1) is 21.4 Å². The van der Waals surface area contributed by atoms with E-state index in [0.29, 0.717) is 22.9 Å².